The van der Waals surface area contributed by atoms with Crippen LogP contribution < -0.4 is 5.32 Å². The minimum atomic E-state index is -0.726. The molecule has 3 heterocycles. The molecule has 0 unspecified atom stereocenters. The summed E-state index contributed by atoms with van der Waals surface area (Å²) >= 11 is 0. The van der Waals surface area contributed by atoms with Gasteiger partial charge in [-0.2, -0.15) is 0 Å². The van der Waals surface area contributed by atoms with Crippen molar-refractivity contribution in [2.45, 2.75) is 216 Å². The third-order valence-electron chi connectivity index (χ3n) is 10.7. The fraction of sp³-hybridized carbons (Fsp3) is 0.972. The predicted molar refractivity (Wildman–Crippen MR) is 169 cm³/mol. The molecule has 5 rings (SSSR count). The molecular formula is C36H63NO6. The van der Waals surface area contributed by atoms with Gasteiger partial charge >= 0.3 is 0 Å². The average molecular weight is 606 g/mol. The predicted octanol–water partition coefficient (Wildman–Crippen LogP) is 8.61. The summed E-state index contributed by atoms with van der Waals surface area (Å²) in [6.07, 6.45) is 29.4. The maximum atomic E-state index is 13.5. The van der Waals surface area contributed by atoms with Crippen LogP contribution in [0.25, 0.3) is 0 Å². The number of hydrogen-bond donors (Lipinski definition) is 1. The van der Waals surface area contributed by atoms with Gasteiger partial charge in [0.25, 0.3) is 5.91 Å². The second-order valence-electron chi connectivity index (χ2n) is 14.3. The molecule has 248 valence electrons. The summed E-state index contributed by atoms with van der Waals surface area (Å²) in [6.45, 7) is 2.96. The van der Waals surface area contributed by atoms with E-state index in [-0.39, 0.29) is 18.1 Å². The molecule has 0 aromatic rings. The van der Waals surface area contributed by atoms with Gasteiger partial charge in [0.05, 0.1) is 0 Å². The summed E-state index contributed by atoms with van der Waals surface area (Å²) in [5.41, 5.74) is 0. The standard InChI is InChI=1S/C36H63NO6/c1-2-3-4-5-6-7-8-9-10-11-12-13-14-15-16-23-28-37-33(38)31-29-30(41-35(40-29)24-19-17-20-25-35)32-34(39-31)43-36(42-32)26-21-18-22-27-36/h29-32,34H,2-28H2,1H3,(H,37,38)/t29-,30+,31-,32-,34-/m1/s1. The van der Waals surface area contributed by atoms with E-state index in [1.165, 1.54) is 103 Å². The number of carbonyl (C=O) groups is 1. The Labute approximate surface area is 262 Å². The van der Waals surface area contributed by atoms with E-state index in [1.54, 1.807) is 0 Å². The summed E-state index contributed by atoms with van der Waals surface area (Å²) in [5, 5.41) is 3.16. The molecule has 0 aromatic carbocycles. The molecule has 2 aliphatic carbocycles. The molecule has 0 radical (unpaired) electrons. The molecular weight excluding hydrogens is 542 g/mol. The van der Waals surface area contributed by atoms with Crippen molar-refractivity contribution in [2.75, 3.05) is 6.54 Å². The number of ether oxygens (including phenoxy) is 5. The van der Waals surface area contributed by atoms with Crippen LogP contribution in [0.4, 0.5) is 0 Å². The minimum absolute atomic E-state index is 0.0981. The molecule has 43 heavy (non-hydrogen) atoms. The molecule has 3 saturated heterocycles. The van der Waals surface area contributed by atoms with Crippen molar-refractivity contribution in [2.24, 2.45) is 0 Å². The number of fused-ring (bicyclic) bond motifs is 3. The normalized spacial score (nSPS) is 30.9. The van der Waals surface area contributed by atoms with Crippen molar-refractivity contribution >= 4 is 5.91 Å². The van der Waals surface area contributed by atoms with Gasteiger partial charge in [0.1, 0.15) is 18.3 Å². The van der Waals surface area contributed by atoms with Crippen molar-refractivity contribution < 1.29 is 28.5 Å². The summed E-state index contributed by atoms with van der Waals surface area (Å²) < 4.78 is 32.7. The average Bonchev–Trinajstić information content (AvgIpc) is 3.56. The molecule has 5 aliphatic rings. The van der Waals surface area contributed by atoms with Crippen molar-refractivity contribution in [1.82, 2.24) is 5.32 Å². The molecule has 2 spiro atoms. The van der Waals surface area contributed by atoms with Gasteiger partial charge in [0.15, 0.2) is 24.0 Å². The van der Waals surface area contributed by atoms with Crippen molar-refractivity contribution in [1.29, 1.82) is 0 Å². The number of nitrogens with one attached hydrogen (secondary N) is 1. The lowest BCUT2D eigenvalue weighted by Gasteiger charge is -2.36. The van der Waals surface area contributed by atoms with Gasteiger partial charge < -0.3 is 29.0 Å². The van der Waals surface area contributed by atoms with Crippen molar-refractivity contribution in [3.05, 3.63) is 0 Å². The highest BCUT2D eigenvalue weighted by molar-refractivity contribution is 5.81. The fourth-order valence-electron chi connectivity index (χ4n) is 8.15. The van der Waals surface area contributed by atoms with E-state index in [0.29, 0.717) is 6.54 Å². The molecule has 2 saturated carbocycles. The Morgan fingerprint density at radius 1 is 0.558 bits per heavy atom. The molecule has 0 bridgehead atoms. The zero-order valence-electron chi connectivity index (χ0n) is 27.4. The first-order chi connectivity index (χ1) is 21.1. The first kappa shape index (κ1) is 33.6. The monoisotopic (exact) mass is 605 g/mol. The zero-order valence-corrected chi connectivity index (χ0v) is 27.4. The first-order valence-electron chi connectivity index (χ1n) is 18.8. The maximum absolute atomic E-state index is 13.5. The Morgan fingerprint density at radius 3 is 1.53 bits per heavy atom. The van der Waals surface area contributed by atoms with Crippen LogP contribution in [0.2, 0.25) is 0 Å². The molecule has 7 heteroatoms. The van der Waals surface area contributed by atoms with Gasteiger partial charge in [-0.15, -0.1) is 0 Å². The van der Waals surface area contributed by atoms with E-state index in [4.69, 9.17) is 23.7 Å². The smallest absolute Gasteiger partial charge is 0.252 e. The Hall–Kier alpha value is -0.730. The van der Waals surface area contributed by atoms with Crippen LogP contribution in [0, 0.1) is 0 Å². The van der Waals surface area contributed by atoms with E-state index in [0.717, 1.165) is 64.2 Å². The molecule has 5 fully saturated rings. The quantitative estimate of drug-likeness (QED) is 0.158. The highest BCUT2D eigenvalue weighted by Gasteiger charge is 2.65. The second kappa shape index (κ2) is 17.3. The first-order valence-corrected chi connectivity index (χ1v) is 18.8. The van der Waals surface area contributed by atoms with Crippen LogP contribution in [0.5, 0.6) is 0 Å². The Kier molecular flexibility index (Phi) is 13.5. The zero-order chi connectivity index (χ0) is 29.8. The molecule has 7 nitrogen and oxygen atoms in total. The minimum Gasteiger partial charge on any atom is -0.354 e. The Balaban J connectivity index is 0.965. The van der Waals surface area contributed by atoms with Crippen molar-refractivity contribution in [3.8, 4) is 0 Å². The highest BCUT2D eigenvalue weighted by atomic mass is 16.9. The fourth-order valence-corrected chi connectivity index (χ4v) is 8.15. The van der Waals surface area contributed by atoms with Gasteiger partial charge in [0, 0.05) is 32.2 Å². The summed E-state index contributed by atoms with van der Waals surface area (Å²) in [6, 6.07) is 0. The van der Waals surface area contributed by atoms with E-state index in [9.17, 15) is 4.79 Å². The molecule has 0 aromatic heterocycles. The lowest BCUT2D eigenvalue weighted by molar-refractivity contribution is -0.247. The van der Waals surface area contributed by atoms with Gasteiger partial charge in [-0.05, 0) is 32.1 Å². The summed E-state index contributed by atoms with van der Waals surface area (Å²) in [7, 11) is 0. The van der Waals surface area contributed by atoms with Crippen LogP contribution in [0.15, 0.2) is 0 Å². The van der Waals surface area contributed by atoms with Crippen LogP contribution in [0.3, 0.4) is 0 Å². The van der Waals surface area contributed by atoms with E-state index >= 15 is 0 Å². The number of unbranched alkanes of at least 4 members (excludes halogenated alkanes) is 15. The van der Waals surface area contributed by atoms with E-state index in [2.05, 4.69) is 12.2 Å². The van der Waals surface area contributed by atoms with Gasteiger partial charge in [-0.3, -0.25) is 4.79 Å². The highest BCUT2D eigenvalue weighted by Crippen LogP contribution is 2.50. The molecule has 1 amide bonds. The lowest BCUT2D eigenvalue weighted by atomic mass is 9.94. The Morgan fingerprint density at radius 2 is 1.00 bits per heavy atom. The molecule has 3 aliphatic heterocycles. The number of hydrogen-bond acceptors (Lipinski definition) is 6. The number of carbonyl (C=O) groups excluding carboxylic acids is 1. The van der Waals surface area contributed by atoms with E-state index in [1.807, 2.05) is 0 Å². The Bertz CT molecular complexity index is 810. The van der Waals surface area contributed by atoms with Crippen LogP contribution in [0.1, 0.15) is 174 Å². The molecule has 1 N–H and O–H groups in total. The van der Waals surface area contributed by atoms with Gasteiger partial charge in [-0.1, -0.05) is 116 Å². The molecule has 5 atom stereocenters. The largest absolute Gasteiger partial charge is 0.354 e. The maximum Gasteiger partial charge on any atom is 0.252 e. The van der Waals surface area contributed by atoms with E-state index < -0.39 is 30.1 Å². The third-order valence-corrected chi connectivity index (χ3v) is 10.7. The van der Waals surface area contributed by atoms with Gasteiger partial charge in [-0.25, -0.2) is 0 Å². The number of amides is 1. The summed E-state index contributed by atoms with van der Waals surface area (Å²) in [5.74, 6) is -1.30. The summed E-state index contributed by atoms with van der Waals surface area (Å²) in [4.78, 5) is 13.5. The SMILES string of the molecule is CCCCCCCCCCCCCCCCCCNC(=O)[C@@H]1O[C@@H]2OC3(CCCCC3)O[C@@H]2[C@H]2OC3(CCCCC3)O[C@H]21. The topological polar surface area (TPSA) is 75.3 Å². The van der Waals surface area contributed by atoms with Crippen LogP contribution >= 0.6 is 0 Å². The van der Waals surface area contributed by atoms with Crippen LogP contribution in [-0.2, 0) is 28.5 Å². The lowest BCUT2D eigenvalue weighted by Crippen LogP contribution is -2.59. The van der Waals surface area contributed by atoms with Crippen molar-refractivity contribution in [3.63, 3.8) is 0 Å². The number of rotatable bonds is 18. The second-order valence-corrected chi connectivity index (χ2v) is 14.3. The third kappa shape index (κ3) is 9.40. The van der Waals surface area contributed by atoms with Gasteiger partial charge in [0.2, 0.25) is 0 Å². The van der Waals surface area contributed by atoms with Crippen LogP contribution in [-0.4, -0.2) is 54.7 Å².